The highest BCUT2D eigenvalue weighted by Crippen LogP contribution is 2.28. The molecule has 0 aliphatic carbocycles. The molecule has 1 aliphatic heterocycles. The van der Waals surface area contributed by atoms with Crippen molar-refractivity contribution in [3.05, 3.63) is 23.5 Å². The van der Waals surface area contributed by atoms with Gasteiger partial charge in [0.25, 0.3) is 0 Å². The van der Waals surface area contributed by atoms with Gasteiger partial charge in [-0.1, -0.05) is 0 Å². The van der Waals surface area contributed by atoms with E-state index >= 15 is 0 Å². The molecule has 1 aromatic carbocycles. The van der Waals surface area contributed by atoms with E-state index in [2.05, 4.69) is 5.32 Å². The Hall–Kier alpha value is -1.18. The summed E-state index contributed by atoms with van der Waals surface area (Å²) in [4.78, 5) is 0.00454. The zero-order valence-electron chi connectivity index (χ0n) is 11.8. The summed E-state index contributed by atoms with van der Waals surface area (Å²) in [6.45, 7) is 4.74. The number of nitrogens with zero attached hydrogens (tertiary/aromatic N) is 1. The SMILES string of the molecule is COc1ccc(S(=O)(=O)N2CCNC(C)C2)c(C)c1F. The van der Waals surface area contributed by atoms with Crippen LogP contribution in [0.4, 0.5) is 4.39 Å². The summed E-state index contributed by atoms with van der Waals surface area (Å²) in [6, 6.07) is 2.84. The molecule has 2 rings (SSSR count). The zero-order chi connectivity index (χ0) is 14.9. The van der Waals surface area contributed by atoms with Crippen LogP contribution in [0.5, 0.6) is 5.75 Å². The molecule has 1 atom stereocenters. The summed E-state index contributed by atoms with van der Waals surface area (Å²) < 4.78 is 45.5. The molecule has 5 nitrogen and oxygen atoms in total. The highest BCUT2D eigenvalue weighted by atomic mass is 32.2. The zero-order valence-corrected chi connectivity index (χ0v) is 12.6. The predicted octanol–water partition coefficient (Wildman–Crippen LogP) is 1.13. The summed E-state index contributed by atoms with van der Waals surface area (Å²) >= 11 is 0. The third-order valence-corrected chi connectivity index (χ3v) is 5.48. The van der Waals surface area contributed by atoms with Crippen LogP contribution in [-0.4, -0.2) is 45.5 Å². The number of rotatable bonds is 3. The summed E-state index contributed by atoms with van der Waals surface area (Å²) in [5, 5.41) is 3.18. The number of benzene rings is 1. The van der Waals surface area contributed by atoms with Gasteiger partial charge in [0.15, 0.2) is 11.6 Å². The van der Waals surface area contributed by atoms with Gasteiger partial charge in [0.05, 0.1) is 12.0 Å². The van der Waals surface area contributed by atoms with Crippen molar-refractivity contribution in [2.45, 2.75) is 24.8 Å². The minimum Gasteiger partial charge on any atom is -0.494 e. The van der Waals surface area contributed by atoms with Crippen molar-refractivity contribution >= 4 is 10.0 Å². The fourth-order valence-corrected chi connectivity index (χ4v) is 4.08. The lowest BCUT2D eigenvalue weighted by Gasteiger charge is -2.31. The number of sulfonamides is 1. The molecule has 0 saturated carbocycles. The minimum atomic E-state index is -3.68. The van der Waals surface area contributed by atoms with Gasteiger partial charge in [-0.3, -0.25) is 0 Å². The number of hydrogen-bond donors (Lipinski definition) is 1. The smallest absolute Gasteiger partial charge is 0.243 e. The van der Waals surface area contributed by atoms with Crippen molar-refractivity contribution in [3.63, 3.8) is 0 Å². The van der Waals surface area contributed by atoms with Gasteiger partial charge in [0, 0.05) is 31.2 Å². The molecule has 112 valence electrons. The third-order valence-electron chi connectivity index (χ3n) is 3.47. The van der Waals surface area contributed by atoms with Crippen molar-refractivity contribution in [1.29, 1.82) is 0 Å². The first kappa shape index (κ1) is 15.2. The Bertz CT molecular complexity index is 604. The van der Waals surface area contributed by atoms with Crippen molar-refractivity contribution in [1.82, 2.24) is 9.62 Å². The van der Waals surface area contributed by atoms with Crippen LogP contribution >= 0.6 is 0 Å². The Kier molecular flexibility index (Phi) is 4.31. The van der Waals surface area contributed by atoms with Gasteiger partial charge >= 0.3 is 0 Å². The van der Waals surface area contributed by atoms with E-state index in [1.807, 2.05) is 6.92 Å². The monoisotopic (exact) mass is 302 g/mol. The van der Waals surface area contributed by atoms with Crippen LogP contribution in [0.15, 0.2) is 17.0 Å². The van der Waals surface area contributed by atoms with Gasteiger partial charge in [-0.15, -0.1) is 0 Å². The maximum atomic E-state index is 14.0. The van der Waals surface area contributed by atoms with Crippen LogP contribution in [-0.2, 0) is 10.0 Å². The molecule has 1 heterocycles. The number of ether oxygens (including phenoxy) is 1. The second-order valence-corrected chi connectivity index (χ2v) is 6.83. The van der Waals surface area contributed by atoms with Crippen LogP contribution in [0.2, 0.25) is 0 Å². The molecule has 0 aromatic heterocycles. The number of nitrogens with one attached hydrogen (secondary N) is 1. The summed E-state index contributed by atoms with van der Waals surface area (Å²) in [5.74, 6) is -0.577. The molecule has 1 fully saturated rings. The van der Waals surface area contributed by atoms with Crippen LogP contribution in [0.1, 0.15) is 12.5 Å². The van der Waals surface area contributed by atoms with E-state index in [1.165, 1.54) is 30.5 Å². The topological polar surface area (TPSA) is 58.6 Å². The summed E-state index contributed by atoms with van der Waals surface area (Å²) in [6.07, 6.45) is 0. The molecule has 1 N–H and O–H groups in total. The fraction of sp³-hybridized carbons (Fsp3) is 0.538. The van der Waals surface area contributed by atoms with E-state index in [-0.39, 0.29) is 22.3 Å². The molecule has 1 aliphatic rings. The van der Waals surface area contributed by atoms with Crippen LogP contribution in [0.3, 0.4) is 0 Å². The standard InChI is InChI=1S/C13H19FN2O3S/c1-9-8-16(7-6-15-9)20(17,18)12-5-4-11(19-3)13(14)10(12)2/h4-5,9,15H,6-8H2,1-3H3. The maximum Gasteiger partial charge on any atom is 0.243 e. The van der Waals surface area contributed by atoms with E-state index in [1.54, 1.807) is 0 Å². The van der Waals surface area contributed by atoms with E-state index in [0.717, 1.165) is 0 Å². The van der Waals surface area contributed by atoms with Crippen LogP contribution in [0.25, 0.3) is 0 Å². The van der Waals surface area contributed by atoms with E-state index < -0.39 is 15.8 Å². The highest BCUT2D eigenvalue weighted by molar-refractivity contribution is 7.89. The molecule has 1 aromatic rings. The average molecular weight is 302 g/mol. The number of hydrogen-bond acceptors (Lipinski definition) is 4. The molecule has 0 radical (unpaired) electrons. The van der Waals surface area contributed by atoms with Crippen molar-refractivity contribution < 1.29 is 17.5 Å². The molecular weight excluding hydrogens is 283 g/mol. The molecular formula is C13H19FN2O3S. The lowest BCUT2D eigenvalue weighted by molar-refractivity contribution is 0.310. The first-order valence-electron chi connectivity index (χ1n) is 6.44. The Morgan fingerprint density at radius 1 is 1.45 bits per heavy atom. The van der Waals surface area contributed by atoms with Gasteiger partial charge < -0.3 is 10.1 Å². The first-order chi connectivity index (χ1) is 9.37. The molecule has 0 bridgehead atoms. The number of halogens is 1. The van der Waals surface area contributed by atoms with Gasteiger partial charge in [-0.2, -0.15) is 4.31 Å². The first-order valence-corrected chi connectivity index (χ1v) is 7.88. The summed E-state index contributed by atoms with van der Waals surface area (Å²) in [7, 11) is -2.32. The van der Waals surface area contributed by atoms with Crippen molar-refractivity contribution in [2.75, 3.05) is 26.7 Å². The summed E-state index contributed by atoms with van der Waals surface area (Å²) in [5.41, 5.74) is 0.0931. The Morgan fingerprint density at radius 2 is 2.15 bits per heavy atom. The molecule has 20 heavy (non-hydrogen) atoms. The average Bonchev–Trinajstić information content (AvgIpc) is 2.41. The van der Waals surface area contributed by atoms with Gasteiger partial charge in [0.1, 0.15) is 0 Å². The van der Waals surface area contributed by atoms with Gasteiger partial charge in [-0.05, 0) is 26.0 Å². The van der Waals surface area contributed by atoms with Crippen molar-refractivity contribution in [3.8, 4) is 5.75 Å². The Morgan fingerprint density at radius 3 is 2.75 bits per heavy atom. The lowest BCUT2D eigenvalue weighted by Crippen LogP contribution is -2.51. The lowest BCUT2D eigenvalue weighted by atomic mass is 10.2. The fourth-order valence-electron chi connectivity index (χ4n) is 2.33. The van der Waals surface area contributed by atoms with E-state index in [4.69, 9.17) is 4.74 Å². The third kappa shape index (κ3) is 2.65. The van der Waals surface area contributed by atoms with E-state index in [9.17, 15) is 12.8 Å². The quantitative estimate of drug-likeness (QED) is 0.909. The minimum absolute atomic E-state index is 0.00454. The second kappa shape index (κ2) is 5.67. The molecule has 0 spiro atoms. The molecule has 1 saturated heterocycles. The molecule has 0 amide bonds. The Balaban J connectivity index is 2.42. The maximum absolute atomic E-state index is 14.0. The van der Waals surface area contributed by atoms with E-state index in [0.29, 0.717) is 19.6 Å². The van der Waals surface area contributed by atoms with Gasteiger partial charge in [-0.25, -0.2) is 12.8 Å². The van der Waals surface area contributed by atoms with Gasteiger partial charge in [0.2, 0.25) is 10.0 Å². The number of methoxy groups -OCH3 is 1. The highest BCUT2D eigenvalue weighted by Gasteiger charge is 2.30. The van der Waals surface area contributed by atoms with Crippen LogP contribution < -0.4 is 10.1 Å². The largest absolute Gasteiger partial charge is 0.494 e. The second-order valence-electron chi connectivity index (χ2n) is 4.92. The Labute approximate surface area is 118 Å². The van der Waals surface area contributed by atoms with Crippen LogP contribution in [0, 0.1) is 12.7 Å². The predicted molar refractivity (Wildman–Crippen MR) is 73.9 cm³/mol. The number of piperazine rings is 1. The van der Waals surface area contributed by atoms with Crippen molar-refractivity contribution in [2.24, 2.45) is 0 Å². The molecule has 1 unspecified atom stereocenters. The normalized spacial score (nSPS) is 20.9. The molecule has 7 heteroatoms.